The molecule has 0 fully saturated rings. The number of aliphatic imine (C=N–C) groups is 1. The van der Waals surface area contributed by atoms with Crippen molar-refractivity contribution in [2.75, 3.05) is 0 Å². The largest absolute Gasteiger partial charge is 0.451 e. The molecule has 0 saturated carbocycles. The van der Waals surface area contributed by atoms with E-state index < -0.39 is 0 Å². The van der Waals surface area contributed by atoms with Gasteiger partial charge >= 0.3 is 0 Å². The maximum Gasteiger partial charge on any atom is 0.196 e. The van der Waals surface area contributed by atoms with Gasteiger partial charge in [0.1, 0.15) is 0 Å². The van der Waals surface area contributed by atoms with Crippen LogP contribution in [0.4, 0.5) is 0 Å². The highest BCUT2D eigenvalue weighted by molar-refractivity contribution is 5.79. The molecule has 0 bridgehead atoms. The van der Waals surface area contributed by atoms with Crippen LogP contribution in [0.25, 0.3) is 0 Å². The van der Waals surface area contributed by atoms with E-state index >= 15 is 0 Å². The first kappa shape index (κ1) is 13.5. The van der Waals surface area contributed by atoms with Crippen LogP contribution in [-0.4, -0.2) is 5.90 Å². The summed E-state index contributed by atoms with van der Waals surface area (Å²) in [5.74, 6) is 0.918. The molecule has 0 radical (unpaired) electrons. The molecule has 0 aliphatic rings. The van der Waals surface area contributed by atoms with Crippen molar-refractivity contribution in [2.45, 2.75) is 27.7 Å². The van der Waals surface area contributed by atoms with Crippen molar-refractivity contribution in [1.29, 1.82) is 0 Å². The summed E-state index contributed by atoms with van der Waals surface area (Å²) in [4.78, 5) is 3.90. The highest BCUT2D eigenvalue weighted by Gasteiger charge is 2.02. The zero-order chi connectivity index (χ0) is 9.98. The smallest absolute Gasteiger partial charge is 0.196 e. The summed E-state index contributed by atoms with van der Waals surface area (Å²) in [6, 6.07) is 0. The lowest BCUT2D eigenvalue weighted by molar-refractivity contribution is 0.438. The first-order valence-corrected chi connectivity index (χ1v) is 4.18. The Morgan fingerprint density at radius 2 is 1.83 bits per heavy atom. The van der Waals surface area contributed by atoms with Gasteiger partial charge in [-0.15, -0.1) is 0 Å². The van der Waals surface area contributed by atoms with Crippen LogP contribution in [0.15, 0.2) is 30.6 Å². The van der Waals surface area contributed by atoms with E-state index in [-0.39, 0.29) is 5.92 Å². The fraction of sp³-hybridized carbons (Fsp3) is 0.500. The van der Waals surface area contributed by atoms with Crippen molar-refractivity contribution < 1.29 is 4.74 Å². The molecule has 0 saturated heterocycles. The molecule has 0 unspecified atom stereocenters. The van der Waals surface area contributed by atoms with Crippen LogP contribution in [0, 0.1) is 5.92 Å². The monoisotopic (exact) mass is 169 g/mol. The van der Waals surface area contributed by atoms with Gasteiger partial charge in [-0.1, -0.05) is 40.9 Å². The van der Waals surface area contributed by atoms with Crippen molar-refractivity contribution in [1.82, 2.24) is 0 Å². The van der Waals surface area contributed by atoms with Crippen molar-refractivity contribution >= 4 is 5.90 Å². The van der Waals surface area contributed by atoms with E-state index in [0.717, 1.165) is 0 Å². The van der Waals surface area contributed by atoms with Crippen LogP contribution in [0.2, 0.25) is 0 Å². The first-order chi connectivity index (χ1) is 5.72. The SMILES string of the molecule is C=CN=C(OC=C)C(C)C.CC. The van der Waals surface area contributed by atoms with Crippen molar-refractivity contribution in [3.8, 4) is 0 Å². The van der Waals surface area contributed by atoms with E-state index in [2.05, 4.69) is 18.2 Å². The predicted octanol–water partition coefficient (Wildman–Crippen LogP) is 3.37. The molecule has 0 atom stereocenters. The third-order valence-corrected chi connectivity index (χ3v) is 0.917. The van der Waals surface area contributed by atoms with Crippen molar-refractivity contribution in [2.24, 2.45) is 10.9 Å². The Balaban J connectivity index is 0. The van der Waals surface area contributed by atoms with Gasteiger partial charge in [-0.2, -0.15) is 0 Å². The maximum atomic E-state index is 4.99. The molecular formula is C10H19NO. The van der Waals surface area contributed by atoms with Crippen LogP contribution < -0.4 is 0 Å². The summed E-state index contributed by atoms with van der Waals surface area (Å²) in [6.07, 6.45) is 2.82. The standard InChI is InChI=1S/C8H13NO.C2H6/c1-5-9-8(7(3)4)10-6-2;1-2/h5-7H,1-2H2,3-4H3;1-2H3. The Hall–Kier alpha value is -1.05. The molecule has 70 valence electrons. The number of nitrogens with zero attached hydrogens (tertiary/aromatic N) is 1. The summed E-state index contributed by atoms with van der Waals surface area (Å²) in [5, 5.41) is 0. The van der Waals surface area contributed by atoms with Gasteiger partial charge in [-0.05, 0) is 0 Å². The number of rotatable bonds is 3. The molecule has 0 amide bonds. The lowest BCUT2D eigenvalue weighted by Gasteiger charge is -2.05. The van der Waals surface area contributed by atoms with Crippen molar-refractivity contribution in [3.05, 3.63) is 25.6 Å². The van der Waals surface area contributed by atoms with Gasteiger partial charge in [0.05, 0.1) is 6.26 Å². The van der Waals surface area contributed by atoms with E-state index in [4.69, 9.17) is 4.74 Å². The second-order valence-corrected chi connectivity index (χ2v) is 2.09. The summed E-state index contributed by atoms with van der Waals surface area (Å²) in [5.41, 5.74) is 0. The van der Waals surface area contributed by atoms with Gasteiger partial charge < -0.3 is 4.74 Å². The molecular weight excluding hydrogens is 150 g/mol. The van der Waals surface area contributed by atoms with Gasteiger partial charge in [0.2, 0.25) is 0 Å². The molecule has 0 aliphatic heterocycles. The van der Waals surface area contributed by atoms with Crippen LogP contribution in [-0.2, 0) is 4.74 Å². The molecule has 12 heavy (non-hydrogen) atoms. The minimum atomic E-state index is 0.274. The zero-order valence-electron chi connectivity index (χ0n) is 8.50. The van der Waals surface area contributed by atoms with Gasteiger partial charge in [-0.3, -0.25) is 0 Å². The predicted molar refractivity (Wildman–Crippen MR) is 55.1 cm³/mol. The van der Waals surface area contributed by atoms with Gasteiger partial charge in [-0.25, -0.2) is 4.99 Å². The Morgan fingerprint density at radius 1 is 1.33 bits per heavy atom. The summed E-state index contributed by atoms with van der Waals surface area (Å²) in [7, 11) is 0. The van der Waals surface area contributed by atoms with Crippen LogP contribution in [0.3, 0.4) is 0 Å². The number of hydrogen-bond donors (Lipinski definition) is 0. The normalized spacial score (nSPS) is 9.92. The Kier molecular flexibility index (Phi) is 11.2. The topological polar surface area (TPSA) is 21.6 Å². The quantitative estimate of drug-likeness (QED) is 0.360. The molecule has 0 aromatic heterocycles. The second-order valence-electron chi connectivity index (χ2n) is 2.09. The number of hydrogen-bond acceptors (Lipinski definition) is 2. The average Bonchev–Trinajstić information content (AvgIpc) is 2.08. The molecule has 2 nitrogen and oxygen atoms in total. The summed E-state index contributed by atoms with van der Waals surface area (Å²) >= 11 is 0. The van der Waals surface area contributed by atoms with Gasteiger partial charge in [0, 0.05) is 12.1 Å². The summed E-state index contributed by atoms with van der Waals surface area (Å²) in [6.45, 7) is 14.9. The first-order valence-electron chi connectivity index (χ1n) is 4.18. The molecule has 0 spiro atoms. The van der Waals surface area contributed by atoms with Crippen molar-refractivity contribution in [3.63, 3.8) is 0 Å². The van der Waals surface area contributed by atoms with Crippen LogP contribution in [0.1, 0.15) is 27.7 Å². The average molecular weight is 169 g/mol. The highest BCUT2D eigenvalue weighted by atomic mass is 16.5. The third-order valence-electron chi connectivity index (χ3n) is 0.917. The highest BCUT2D eigenvalue weighted by Crippen LogP contribution is 1.99. The summed E-state index contributed by atoms with van der Waals surface area (Å²) < 4.78 is 4.99. The molecule has 2 heteroatoms. The van der Waals surface area contributed by atoms with Gasteiger partial charge in [0.15, 0.2) is 5.90 Å². The minimum absolute atomic E-state index is 0.274. The molecule has 0 aromatic rings. The molecule has 0 rings (SSSR count). The Morgan fingerprint density at radius 3 is 2.08 bits per heavy atom. The maximum absolute atomic E-state index is 4.99. The van der Waals surface area contributed by atoms with E-state index in [1.165, 1.54) is 12.5 Å². The minimum Gasteiger partial charge on any atom is -0.451 e. The van der Waals surface area contributed by atoms with Crippen LogP contribution >= 0.6 is 0 Å². The Labute approximate surface area is 75.7 Å². The molecule has 0 N–H and O–H groups in total. The Bertz CT molecular complexity index is 148. The van der Waals surface area contributed by atoms with E-state index in [9.17, 15) is 0 Å². The molecule has 0 aliphatic carbocycles. The molecule has 0 heterocycles. The van der Waals surface area contributed by atoms with E-state index in [1.54, 1.807) is 0 Å². The van der Waals surface area contributed by atoms with Gasteiger partial charge in [0.25, 0.3) is 0 Å². The van der Waals surface area contributed by atoms with E-state index in [0.29, 0.717) is 5.90 Å². The fourth-order valence-corrected chi connectivity index (χ4v) is 0.491. The lowest BCUT2D eigenvalue weighted by Crippen LogP contribution is -2.07. The molecule has 0 aromatic carbocycles. The van der Waals surface area contributed by atoms with E-state index in [1.807, 2.05) is 27.7 Å². The lowest BCUT2D eigenvalue weighted by atomic mass is 10.2. The third kappa shape index (κ3) is 7.06. The second kappa shape index (κ2) is 9.95. The number of ether oxygens (including phenoxy) is 1. The van der Waals surface area contributed by atoms with Crippen LogP contribution in [0.5, 0.6) is 0 Å². The zero-order valence-corrected chi connectivity index (χ0v) is 8.50. The fourth-order valence-electron chi connectivity index (χ4n) is 0.491.